The van der Waals surface area contributed by atoms with Crippen LogP contribution < -0.4 is 10.6 Å². The molecular formula is C19H34N4O4. The van der Waals surface area contributed by atoms with Gasteiger partial charge in [0.25, 0.3) is 0 Å². The highest BCUT2D eigenvalue weighted by Crippen LogP contribution is 2.20. The Kier molecular flexibility index (Phi) is 8.24. The minimum absolute atomic E-state index is 0.214. The zero-order chi connectivity index (χ0) is 20.8. The summed E-state index contributed by atoms with van der Waals surface area (Å²) in [6.07, 6.45) is 2.12. The van der Waals surface area contributed by atoms with Gasteiger partial charge in [-0.15, -0.1) is 0 Å². The molecule has 0 aromatic heterocycles. The Morgan fingerprint density at radius 2 is 2.00 bits per heavy atom. The van der Waals surface area contributed by atoms with Gasteiger partial charge in [0.2, 0.25) is 11.8 Å². The molecule has 0 aliphatic carbocycles. The number of ether oxygens (including phenoxy) is 1. The maximum absolute atomic E-state index is 12.8. The van der Waals surface area contributed by atoms with Crippen molar-refractivity contribution in [2.75, 3.05) is 6.54 Å². The molecule has 0 aromatic rings. The predicted octanol–water partition coefficient (Wildman–Crippen LogP) is 2.07. The van der Waals surface area contributed by atoms with Crippen molar-refractivity contribution >= 4 is 24.1 Å². The zero-order valence-electron chi connectivity index (χ0n) is 17.3. The summed E-state index contributed by atoms with van der Waals surface area (Å²) in [4.78, 5) is 39.0. The van der Waals surface area contributed by atoms with E-state index in [-0.39, 0.29) is 23.8 Å². The summed E-state index contributed by atoms with van der Waals surface area (Å²) in [5.41, 5.74) is -0.645. The number of rotatable bonds is 8. The van der Waals surface area contributed by atoms with Crippen LogP contribution in [-0.4, -0.2) is 59.3 Å². The van der Waals surface area contributed by atoms with Crippen molar-refractivity contribution in [1.82, 2.24) is 15.5 Å². The first-order chi connectivity index (χ1) is 12.5. The first kappa shape index (κ1) is 22.9. The Morgan fingerprint density at radius 3 is 2.48 bits per heavy atom. The second kappa shape index (κ2) is 9.71. The van der Waals surface area contributed by atoms with E-state index < -0.39 is 23.8 Å². The number of alkyl carbamates (subject to hydrolysis) is 1. The van der Waals surface area contributed by atoms with Crippen molar-refractivity contribution in [3.8, 4) is 0 Å². The molecule has 0 radical (unpaired) electrons. The Bertz CT molecular complexity index is 556. The topological polar surface area (TPSA) is 112 Å². The first-order valence-corrected chi connectivity index (χ1v) is 9.59. The molecule has 1 saturated heterocycles. The van der Waals surface area contributed by atoms with E-state index in [4.69, 9.17) is 10.1 Å². The van der Waals surface area contributed by atoms with E-state index in [0.29, 0.717) is 25.8 Å². The van der Waals surface area contributed by atoms with Crippen LogP contribution in [0.2, 0.25) is 0 Å². The van der Waals surface area contributed by atoms with Crippen molar-refractivity contribution < 1.29 is 19.1 Å². The third kappa shape index (κ3) is 7.19. The fourth-order valence-electron chi connectivity index (χ4n) is 2.96. The molecule has 0 bridgehead atoms. The number of hydrogen-bond acceptors (Lipinski definition) is 5. The van der Waals surface area contributed by atoms with Crippen molar-refractivity contribution in [2.45, 2.75) is 84.5 Å². The number of likely N-dealkylation sites (tertiary alicyclic amines) is 1. The molecule has 0 saturated carbocycles. The van der Waals surface area contributed by atoms with E-state index in [2.05, 4.69) is 10.6 Å². The van der Waals surface area contributed by atoms with Crippen LogP contribution in [0.4, 0.5) is 4.79 Å². The molecule has 0 aromatic carbocycles. The van der Waals surface area contributed by atoms with Gasteiger partial charge in [0, 0.05) is 12.8 Å². The maximum Gasteiger partial charge on any atom is 0.408 e. The number of hydrogen-bond donors (Lipinski definition) is 3. The summed E-state index contributed by atoms with van der Waals surface area (Å²) in [5.74, 6) is -0.318. The second-order valence-electron chi connectivity index (χ2n) is 8.35. The van der Waals surface area contributed by atoms with Gasteiger partial charge in [-0.1, -0.05) is 20.8 Å². The quantitative estimate of drug-likeness (QED) is 0.558. The molecule has 0 spiro atoms. The number of amides is 3. The zero-order valence-corrected chi connectivity index (χ0v) is 17.3. The number of nitrogens with zero attached hydrogens (tertiary/aromatic N) is 1. The highest BCUT2D eigenvalue weighted by molar-refractivity contribution is 5.93. The van der Waals surface area contributed by atoms with Crippen LogP contribution >= 0.6 is 0 Å². The van der Waals surface area contributed by atoms with Gasteiger partial charge in [-0.3, -0.25) is 9.59 Å². The van der Waals surface area contributed by atoms with Crippen LogP contribution in [0.3, 0.4) is 0 Å². The van der Waals surface area contributed by atoms with Gasteiger partial charge in [-0.2, -0.15) is 0 Å². The second-order valence-corrected chi connectivity index (χ2v) is 8.35. The minimum atomic E-state index is -0.688. The third-order valence-corrected chi connectivity index (χ3v) is 4.27. The average molecular weight is 383 g/mol. The SMILES string of the molecule is CC[C@@H](C=N)NC(=O)[C@H](CC(C)C)N1CC[C@@H](NC(=O)OC(C)(C)C)C1=O. The van der Waals surface area contributed by atoms with E-state index in [0.717, 1.165) is 0 Å². The van der Waals surface area contributed by atoms with E-state index >= 15 is 0 Å². The molecule has 3 amide bonds. The van der Waals surface area contributed by atoms with Crippen LogP contribution in [0.15, 0.2) is 0 Å². The van der Waals surface area contributed by atoms with E-state index in [9.17, 15) is 14.4 Å². The molecule has 1 aliphatic heterocycles. The normalized spacial score (nSPS) is 19.6. The number of carbonyl (C=O) groups is 3. The summed E-state index contributed by atoms with van der Waals surface area (Å²) >= 11 is 0. The Labute approximate surface area is 161 Å². The maximum atomic E-state index is 12.8. The number of nitrogens with one attached hydrogen (secondary N) is 3. The van der Waals surface area contributed by atoms with E-state index in [1.165, 1.54) is 11.1 Å². The molecule has 154 valence electrons. The van der Waals surface area contributed by atoms with Gasteiger partial charge >= 0.3 is 6.09 Å². The van der Waals surface area contributed by atoms with Gasteiger partial charge in [0.15, 0.2) is 0 Å². The van der Waals surface area contributed by atoms with E-state index in [1.807, 2.05) is 20.8 Å². The summed E-state index contributed by atoms with van der Waals surface area (Å²) in [5, 5.41) is 12.8. The lowest BCUT2D eigenvalue weighted by atomic mass is 10.0. The molecule has 3 N–H and O–H groups in total. The predicted molar refractivity (Wildman–Crippen MR) is 104 cm³/mol. The summed E-state index contributed by atoms with van der Waals surface area (Å²) in [6.45, 7) is 11.5. The van der Waals surface area contributed by atoms with Gasteiger partial charge in [-0.05, 0) is 46.0 Å². The van der Waals surface area contributed by atoms with Crippen LogP contribution in [0.25, 0.3) is 0 Å². The molecule has 1 aliphatic rings. The lowest BCUT2D eigenvalue weighted by Crippen LogP contribution is -2.53. The molecule has 8 heteroatoms. The van der Waals surface area contributed by atoms with Crippen molar-refractivity contribution in [2.24, 2.45) is 5.92 Å². The van der Waals surface area contributed by atoms with Crippen LogP contribution in [0.1, 0.15) is 60.8 Å². The molecule has 27 heavy (non-hydrogen) atoms. The monoisotopic (exact) mass is 382 g/mol. The summed E-state index contributed by atoms with van der Waals surface area (Å²) in [7, 11) is 0. The van der Waals surface area contributed by atoms with Crippen molar-refractivity contribution in [3.63, 3.8) is 0 Å². The van der Waals surface area contributed by atoms with E-state index in [1.54, 1.807) is 20.8 Å². The van der Waals surface area contributed by atoms with Gasteiger partial charge in [0.1, 0.15) is 17.7 Å². The first-order valence-electron chi connectivity index (χ1n) is 9.59. The summed E-state index contributed by atoms with van der Waals surface area (Å²) in [6, 6.07) is -1.65. The Balaban J connectivity index is 2.83. The molecule has 1 heterocycles. The molecule has 1 fully saturated rings. The number of carbonyl (C=O) groups excluding carboxylic acids is 3. The van der Waals surface area contributed by atoms with Crippen LogP contribution in [-0.2, 0) is 14.3 Å². The van der Waals surface area contributed by atoms with Crippen molar-refractivity contribution in [1.29, 1.82) is 5.41 Å². The third-order valence-electron chi connectivity index (χ3n) is 4.27. The lowest BCUT2D eigenvalue weighted by molar-refractivity contribution is -0.139. The van der Waals surface area contributed by atoms with Gasteiger partial charge in [-0.25, -0.2) is 4.79 Å². The Morgan fingerprint density at radius 1 is 1.37 bits per heavy atom. The molecule has 8 nitrogen and oxygen atoms in total. The fourth-order valence-corrected chi connectivity index (χ4v) is 2.96. The largest absolute Gasteiger partial charge is 0.444 e. The smallest absolute Gasteiger partial charge is 0.408 e. The van der Waals surface area contributed by atoms with Crippen LogP contribution in [0.5, 0.6) is 0 Å². The highest BCUT2D eigenvalue weighted by Gasteiger charge is 2.40. The fraction of sp³-hybridized carbons (Fsp3) is 0.789. The Hall–Kier alpha value is -2.12. The standard InChI is InChI=1S/C19H34N4O4/c1-7-13(11-20)21-16(24)15(10-12(2)3)23-9-8-14(17(23)25)22-18(26)27-19(4,5)6/h11-15,20H,7-10H2,1-6H3,(H,21,24)(H,22,26)/t13-,14+,15-/m0/s1. The summed E-state index contributed by atoms with van der Waals surface area (Å²) < 4.78 is 5.21. The minimum Gasteiger partial charge on any atom is -0.444 e. The molecule has 0 unspecified atom stereocenters. The average Bonchev–Trinajstić information content (AvgIpc) is 2.88. The van der Waals surface area contributed by atoms with Crippen molar-refractivity contribution in [3.05, 3.63) is 0 Å². The van der Waals surface area contributed by atoms with Crippen LogP contribution in [0, 0.1) is 11.3 Å². The molecule has 1 rings (SSSR count). The van der Waals surface area contributed by atoms with Gasteiger partial charge < -0.3 is 25.7 Å². The van der Waals surface area contributed by atoms with Gasteiger partial charge in [0.05, 0.1) is 6.04 Å². The lowest BCUT2D eigenvalue weighted by Gasteiger charge is -2.29. The highest BCUT2D eigenvalue weighted by atomic mass is 16.6. The molecule has 3 atom stereocenters. The molecular weight excluding hydrogens is 348 g/mol.